The van der Waals surface area contributed by atoms with E-state index in [1.54, 1.807) is 0 Å². The lowest BCUT2D eigenvalue weighted by Crippen LogP contribution is -2.39. The van der Waals surface area contributed by atoms with Crippen molar-refractivity contribution >= 4 is 33.6 Å². The summed E-state index contributed by atoms with van der Waals surface area (Å²) in [6.07, 6.45) is 0. The molecule has 0 aromatic heterocycles. The largest absolute Gasteiger partial charge is 0.480 e. The molecule has 9 heteroatoms. The van der Waals surface area contributed by atoms with E-state index in [4.69, 9.17) is 21.8 Å². The average molecular weight is 308 g/mol. The number of carboxylic acids is 2. The molecule has 7 nitrogen and oxygen atoms in total. The van der Waals surface area contributed by atoms with E-state index in [1.807, 2.05) is 0 Å². The van der Waals surface area contributed by atoms with Crippen LogP contribution in [0.15, 0.2) is 29.2 Å². The van der Waals surface area contributed by atoms with Gasteiger partial charge in [0.1, 0.15) is 18.0 Å². The van der Waals surface area contributed by atoms with Gasteiger partial charge in [-0.1, -0.05) is 23.7 Å². The van der Waals surface area contributed by atoms with Crippen molar-refractivity contribution in [1.29, 1.82) is 0 Å². The molecule has 0 amide bonds. The van der Waals surface area contributed by atoms with Crippen LogP contribution in [0.25, 0.3) is 0 Å². The second-order valence-corrected chi connectivity index (χ2v) is 5.80. The molecule has 0 spiro atoms. The van der Waals surface area contributed by atoms with Gasteiger partial charge in [-0.05, 0) is 12.1 Å². The van der Waals surface area contributed by atoms with Crippen LogP contribution >= 0.6 is 11.6 Å². The van der Waals surface area contributed by atoms with E-state index in [0.29, 0.717) is 4.31 Å². The minimum Gasteiger partial charge on any atom is -0.480 e. The number of benzene rings is 1. The van der Waals surface area contributed by atoms with Crippen molar-refractivity contribution in [1.82, 2.24) is 4.31 Å². The normalized spacial score (nSPS) is 11.5. The van der Waals surface area contributed by atoms with Crippen molar-refractivity contribution in [3.05, 3.63) is 29.3 Å². The highest BCUT2D eigenvalue weighted by molar-refractivity contribution is 7.89. The first-order chi connectivity index (χ1) is 8.75. The molecule has 104 valence electrons. The van der Waals surface area contributed by atoms with Gasteiger partial charge in [-0.25, -0.2) is 8.42 Å². The molecule has 0 saturated heterocycles. The standard InChI is InChI=1S/C10H10ClNO6S/c11-7-3-1-2-4-8(7)19(17,18)12(5-9(13)14)6-10(15)16/h1-4H,5-6H2,(H,13,14)(H,15,16). The zero-order valence-electron chi connectivity index (χ0n) is 9.48. The molecule has 0 atom stereocenters. The molecular weight excluding hydrogens is 298 g/mol. The number of carboxylic acid groups (broad SMARTS) is 2. The lowest BCUT2D eigenvalue weighted by Gasteiger charge is -2.18. The number of nitrogens with zero attached hydrogens (tertiary/aromatic N) is 1. The Labute approximate surface area is 114 Å². The number of carbonyl (C=O) groups is 2. The maximum atomic E-state index is 12.1. The highest BCUT2D eigenvalue weighted by Crippen LogP contribution is 2.23. The van der Waals surface area contributed by atoms with Gasteiger partial charge >= 0.3 is 11.9 Å². The molecule has 0 saturated carbocycles. The molecule has 0 aliphatic rings. The third-order valence-electron chi connectivity index (χ3n) is 2.08. The van der Waals surface area contributed by atoms with Crippen LogP contribution in [-0.4, -0.2) is 48.0 Å². The van der Waals surface area contributed by atoms with Gasteiger partial charge in [-0.15, -0.1) is 0 Å². The zero-order valence-corrected chi connectivity index (χ0v) is 11.1. The van der Waals surface area contributed by atoms with Gasteiger partial charge in [-0.3, -0.25) is 9.59 Å². The maximum Gasteiger partial charge on any atom is 0.318 e. The quantitative estimate of drug-likeness (QED) is 0.791. The molecule has 0 radical (unpaired) electrons. The SMILES string of the molecule is O=C(O)CN(CC(=O)O)S(=O)(=O)c1ccccc1Cl. The Bertz CT molecular complexity index is 584. The summed E-state index contributed by atoms with van der Waals surface area (Å²) in [7, 11) is -4.28. The number of hydrogen-bond donors (Lipinski definition) is 2. The summed E-state index contributed by atoms with van der Waals surface area (Å²) < 4.78 is 24.6. The summed E-state index contributed by atoms with van der Waals surface area (Å²) in [6.45, 7) is -1.92. The van der Waals surface area contributed by atoms with Crippen molar-refractivity contribution in [2.75, 3.05) is 13.1 Å². The molecule has 0 aliphatic heterocycles. The van der Waals surface area contributed by atoms with Gasteiger partial charge < -0.3 is 10.2 Å². The van der Waals surface area contributed by atoms with E-state index in [0.717, 1.165) is 0 Å². The summed E-state index contributed by atoms with van der Waals surface area (Å²) in [5, 5.41) is 17.2. The lowest BCUT2D eigenvalue weighted by molar-refractivity contribution is -0.139. The second-order valence-electron chi connectivity index (χ2n) is 3.49. The van der Waals surface area contributed by atoms with Crippen LogP contribution in [0.3, 0.4) is 0 Å². The molecule has 19 heavy (non-hydrogen) atoms. The number of rotatable bonds is 6. The molecule has 0 bridgehead atoms. The fourth-order valence-electron chi connectivity index (χ4n) is 1.32. The Morgan fingerprint density at radius 2 is 1.58 bits per heavy atom. The Morgan fingerprint density at radius 3 is 2.00 bits per heavy atom. The first-order valence-electron chi connectivity index (χ1n) is 4.93. The number of halogens is 1. The average Bonchev–Trinajstić information content (AvgIpc) is 2.27. The minimum absolute atomic E-state index is 0.108. The Balaban J connectivity index is 3.23. The zero-order chi connectivity index (χ0) is 14.6. The Kier molecular flexibility index (Phi) is 4.87. The number of sulfonamides is 1. The second kappa shape index (κ2) is 6.00. The van der Waals surface area contributed by atoms with Crippen molar-refractivity contribution in [3.8, 4) is 0 Å². The highest BCUT2D eigenvalue weighted by Gasteiger charge is 2.30. The van der Waals surface area contributed by atoms with Gasteiger partial charge in [-0.2, -0.15) is 4.31 Å². The van der Waals surface area contributed by atoms with E-state index in [-0.39, 0.29) is 9.92 Å². The first kappa shape index (κ1) is 15.4. The van der Waals surface area contributed by atoms with Crippen LogP contribution < -0.4 is 0 Å². The summed E-state index contributed by atoms with van der Waals surface area (Å²) in [5.41, 5.74) is 0. The topological polar surface area (TPSA) is 112 Å². The molecule has 0 heterocycles. The lowest BCUT2D eigenvalue weighted by atomic mass is 10.4. The van der Waals surface area contributed by atoms with Crippen molar-refractivity contribution in [2.45, 2.75) is 4.90 Å². The smallest absolute Gasteiger partial charge is 0.318 e. The van der Waals surface area contributed by atoms with Crippen LogP contribution in [0, 0.1) is 0 Å². The first-order valence-corrected chi connectivity index (χ1v) is 6.75. The van der Waals surface area contributed by atoms with Crippen LogP contribution in [0.2, 0.25) is 5.02 Å². The Hall–Kier alpha value is -1.64. The molecule has 1 aromatic rings. The van der Waals surface area contributed by atoms with E-state index in [2.05, 4.69) is 0 Å². The summed E-state index contributed by atoms with van der Waals surface area (Å²) in [5.74, 6) is -2.92. The van der Waals surface area contributed by atoms with Crippen molar-refractivity contribution < 1.29 is 28.2 Å². The van der Waals surface area contributed by atoms with Gasteiger partial charge in [0.25, 0.3) is 0 Å². The van der Waals surface area contributed by atoms with E-state index >= 15 is 0 Å². The fraction of sp³-hybridized carbons (Fsp3) is 0.200. The molecule has 0 fully saturated rings. The molecule has 1 aromatic carbocycles. The minimum atomic E-state index is -4.28. The van der Waals surface area contributed by atoms with Gasteiger partial charge in [0.15, 0.2) is 0 Å². The highest BCUT2D eigenvalue weighted by atomic mass is 35.5. The number of hydrogen-bond acceptors (Lipinski definition) is 4. The summed E-state index contributed by atoms with van der Waals surface area (Å²) >= 11 is 5.73. The predicted octanol–water partition coefficient (Wildman–Crippen LogP) is 0.500. The molecule has 1 rings (SSSR count). The van der Waals surface area contributed by atoms with Crippen LogP contribution in [0.1, 0.15) is 0 Å². The van der Waals surface area contributed by atoms with Crippen LogP contribution in [-0.2, 0) is 19.6 Å². The third-order valence-corrected chi connectivity index (χ3v) is 4.37. The summed E-state index contributed by atoms with van der Waals surface area (Å²) in [6, 6.07) is 5.39. The monoisotopic (exact) mass is 307 g/mol. The molecule has 0 aliphatic carbocycles. The van der Waals surface area contributed by atoms with Crippen molar-refractivity contribution in [2.24, 2.45) is 0 Å². The van der Waals surface area contributed by atoms with Crippen LogP contribution in [0.5, 0.6) is 0 Å². The molecule has 0 unspecified atom stereocenters. The van der Waals surface area contributed by atoms with Crippen LogP contribution in [0.4, 0.5) is 0 Å². The van der Waals surface area contributed by atoms with E-state index < -0.39 is 35.1 Å². The van der Waals surface area contributed by atoms with Gasteiger partial charge in [0.05, 0.1) is 5.02 Å². The van der Waals surface area contributed by atoms with Gasteiger partial charge in [0, 0.05) is 0 Å². The van der Waals surface area contributed by atoms with E-state index in [9.17, 15) is 18.0 Å². The Morgan fingerprint density at radius 1 is 1.11 bits per heavy atom. The summed E-state index contributed by atoms with van der Waals surface area (Å²) in [4.78, 5) is 20.9. The predicted molar refractivity (Wildman–Crippen MR) is 65.5 cm³/mol. The third kappa shape index (κ3) is 3.91. The van der Waals surface area contributed by atoms with Crippen molar-refractivity contribution in [3.63, 3.8) is 0 Å². The maximum absolute atomic E-state index is 12.1. The van der Waals surface area contributed by atoms with E-state index in [1.165, 1.54) is 24.3 Å². The fourth-order valence-corrected chi connectivity index (χ4v) is 3.15. The molecular formula is C10H10ClNO6S. The van der Waals surface area contributed by atoms with Gasteiger partial charge in [0.2, 0.25) is 10.0 Å². The molecule has 2 N–H and O–H groups in total. The number of aliphatic carboxylic acids is 2.